The van der Waals surface area contributed by atoms with Crippen LogP contribution in [-0.4, -0.2) is 17.5 Å². The van der Waals surface area contributed by atoms with Crippen LogP contribution in [0.25, 0.3) is 0 Å². The minimum atomic E-state index is -0.127. The molecule has 1 N–H and O–H groups in total. The summed E-state index contributed by atoms with van der Waals surface area (Å²) in [4.78, 5) is 16.3. The normalized spacial score (nSPS) is 14.0. The van der Waals surface area contributed by atoms with Crippen molar-refractivity contribution in [1.29, 1.82) is 0 Å². The van der Waals surface area contributed by atoms with Crippen LogP contribution in [0.5, 0.6) is 5.75 Å². The van der Waals surface area contributed by atoms with Crippen molar-refractivity contribution in [2.45, 2.75) is 32.2 Å². The Morgan fingerprint density at radius 3 is 3.10 bits per heavy atom. The Morgan fingerprint density at radius 1 is 1.48 bits per heavy atom. The molecule has 1 fully saturated rings. The smallest absolute Gasteiger partial charge is 0.258 e. The molecule has 1 aromatic carbocycles. The number of benzene rings is 1. The SMILES string of the molecule is Cc1cccc(OCC(=O)NCc2csc(C3CC3)n2)c1. The first-order valence-electron chi connectivity index (χ1n) is 7.11. The van der Waals surface area contributed by atoms with Crippen molar-refractivity contribution in [3.63, 3.8) is 0 Å². The summed E-state index contributed by atoms with van der Waals surface area (Å²) in [6.07, 6.45) is 2.51. The Labute approximate surface area is 128 Å². The Morgan fingerprint density at radius 2 is 2.33 bits per heavy atom. The monoisotopic (exact) mass is 302 g/mol. The fourth-order valence-electron chi connectivity index (χ4n) is 2.02. The predicted molar refractivity (Wildman–Crippen MR) is 82.6 cm³/mol. The Bertz CT molecular complexity index is 635. The number of nitrogens with one attached hydrogen (secondary N) is 1. The van der Waals surface area contributed by atoms with Crippen molar-refractivity contribution in [1.82, 2.24) is 10.3 Å². The van der Waals surface area contributed by atoms with E-state index in [0.29, 0.717) is 12.5 Å². The van der Waals surface area contributed by atoms with E-state index in [1.54, 1.807) is 11.3 Å². The van der Waals surface area contributed by atoms with E-state index in [-0.39, 0.29) is 12.5 Å². The summed E-state index contributed by atoms with van der Waals surface area (Å²) in [5.41, 5.74) is 2.05. The summed E-state index contributed by atoms with van der Waals surface area (Å²) in [5.74, 6) is 1.26. The second kappa shape index (κ2) is 6.26. The highest BCUT2D eigenvalue weighted by Gasteiger charge is 2.26. The third-order valence-electron chi connectivity index (χ3n) is 3.32. The molecule has 110 valence electrons. The molecule has 4 nitrogen and oxygen atoms in total. The van der Waals surface area contributed by atoms with Crippen molar-refractivity contribution in [2.75, 3.05) is 6.61 Å². The number of thiazole rings is 1. The maximum absolute atomic E-state index is 11.8. The number of hydrogen-bond acceptors (Lipinski definition) is 4. The first-order valence-corrected chi connectivity index (χ1v) is 7.99. The molecule has 0 atom stereocenters. The van der Waals surface area contributed by atoms with E-state index < -0.39 is 0 Å². The summed E-state index contributed by atoms with van der Waals surface area (Å²) in [6, 6.07) is 7.67. The van der Waals surface area contributed by atoms with Crippen LogP contribution in [-0.2, 0) is 11.3 Å². The molecule has 1 aliphatic rings. The summed E-state index contributed by atoms with van der Waals surface area (Å²) in [5, 5.41) is 6.06. The van der Waals surface area contributed by atoms with Gasteiger partial charge in [0.1, 0.15) is 5.75 Å². The second-order valence-corrected chi connectivity index (χ2v) is 6.22. The highest BCUT2D eigenvalue weighted by molar-refractivity contribution is 7.09. The van der Waals surface area contributed by atoms with Gasteiger partial charge in [-0.05, 0) is 37.5 Å². The highest BCUT2D eigenvalue weighted by Crippen LogP contribution is 2.41. The molecule has 1 amide bonds. The van der Waals surface area contributed by atoms with Crippen LogP contribution in [0.3, 0.4) is 0 Å². The number of aromatic nitrogens is 1. The maximum Gasteiger partial charge on any atom is 0.258 e. The summed E-state index contributed by atoms with van der Waals surface area (Å²) in [7, 11) is 0. The molecule has 0 saturated heterocycles. The minimum Gasteiger partial charge on any atom is -0.484 e. The second-order valence-electron chi connectivity index (χ2n) is 5.33. The average molecular weight is 302 g/mol. The van der Waals surface area contributed by atoms with Crippen molar-refractivity contribution >= 4 is 17.2 Å². The lowest BCUT2D eigenvalue weighted by molar-refractivity contribution is -0.123. The van der Waals surface area contributed by atoms with Crippen LogP contribution < -0.4 is 10.1 Å². The fourth-order valence-corrected chi connectivity index (χ4v) is 3.01. The topological polar surface area (TPSA) is 51.2 Å². The molecule has 3 rings (SSSR count). The Kier molecular flexibility index (Phi) is 4.20. The van der Waals surface area contributed by atoms with Crippen LogP contribution in [0.4, 0.5) is 0 Å². The fraction of sp³-hybridized carbons (Fsp3) is 0.375. The zero-order valence-electron chi connectivity index (χ0n) is 12.0. The van der Waals surface area contributed by atoms with Gasteiger partial charge in [0.2, 0.25) is 0 Å². The number of hydrogen-bond donors (Lipinski definition) is 1. The van der Waals surface area contributed by atoms with E-state index in [2.05, 4.69) is 10.3 Å². The van der Waals surface area contributed by atoms with Gasteiger partial charge < -0.3 is 10.1 Å². The van der Waals surface area contributed by atoms with E-state index >= 15 is 0 Å². The van der Waals surface area contributed by atoms with Crippen molar-refractivity contribution in [3.8, 4) is 5.75 Å². The third-order valence-corrected chi connectivity index (χ3v) is 4.38. The van der Waals surface area contributed by atoms with Crippen molar-refractivity contribution in [3.05, 3.63) is 45.9 Å². The number of aryl methyl sites for hydroxylation is 1. The molecular formula is C16H18N2O2S. The molecule has 1 aliphatic carbocycles. The first-order chi connectivity index (χ1) is 10.2. The van der Waals surface area contributed by atoms with Gasteiger partial charge in [-0.3, -0.25) is 4.79 Å². The van der Waals surface area contributed by atoms with Gasteiger partial charge in [0.05, 0.1) is 17.2 Å². The number of rotatable bonds is 6. The van der Waals surface area contributed by atoms with E-state index in [4.69, 9.17) is 4.74 Å². The Balaban J connectivity index is 1.43. The first kappa shape index (κ1) is 14.1. The highest BCUT2D eigenvalue weighted by atomic mass is 32.1. The molecule has 0 radical (unpaired) electrons. The van der Waals surface area contributed by atoms with Crippen molar-refractivity contribution in [2.24, 2.45) is 0 Å². The van der Waals surface area contributed by atoms with E-state index in [9.17, 15) is 4.79 Å². The van der Waals surface area contributed by atoms with Gasteiger partial charge >= 0.3 is 0 Å². The van der Waals surface area contributed by atoms with E-state index in [1.165, 1.54) is 17.8 Å². The van der Waals surface area contributed by atoms with Gasteiger partial charge in [0.25, 0.3) is 5.91 Å². The molecule has 0 bridgehead atoms. The predicted octanol–water partition coefficient (Wildman–Crippen LogP) is 3.02. The number of amides is 1. The standard InChI is InChI=1S/C16H18N2O2S/c1-11-3-2-4-14(7-11)20-9-15(19)17-8-13-10-21-16(18-13)12-5-6-12/h2-4,7,10,12H,5-6,8-9H2,1H3,(H,17,19). The van der Waals surface area contributed by atoms with Gasteiger partial charge in [-0.1, -0.05) is 12.1 Å². The lowest BCUT2D eigenvalue weighted by Crippen LogP contribution is -2.28. The quantitative estimate of drug-likeness (QED) is 0.892. The molecule has 1 aromatic heterocycles. The molecule has 0 spiro atoms. The third kappa shape index (κ3) is 4.04. The molecule has 21 heavy (non-hydrogen) atoms. The van der Waals surface area contributed by atoms with Crippen LogP contribution in [0.15, 0.2) is 29.6 Å². The molecule has 1 heterocycles. The number of carbonyl (C=O) groups is 1. The lowest BCUT2D eigenvalue weighted by Gasteiger charge is -2.07. The van der Waals surface area contributed by atoms with Gasteiger partial charge in [-0.15, -0.1) is 11.3 Å². The molecule has 2 aromatic rings. The lowest BCUT2D eigenvalue weighted by atomic mass is 10.2. The summed E-state index contributed by atoms with van der Waals surface area (Å²) >= 11 is 1.69. The van der Waals surface area contributed by atoms with E-state index in [1.807, 2.05) is 36.6 Å². The Hall–Kier alpha value is -1.88. The van der Waals surface area contributed by atoms with Gasteiger partial charge in [0, 0.05) is 11.3 Å². The molecule has 5 heteroatoms. The van der Waals surface area contributed by atoms with Gasteiger partial charge in [0.15, 0.2) is 6.61 Å². The minimum absolute atomic E-state index is 0.0308. The molecule has 1 saturated carbocycles. The van der Waals surface area contributed by atoms with Gasteiger partial charge in [-0.2, -0.15) is 0 Å². The number of nitrogens with zero attached hydrogens (tertiary/aromatic N) is 1. The summed E-state index contributed by atoms with van der Waals surface area (Å²) in [6.45, 7) is 2.49. The van der Waals surface area contributed by atoms with E-state index in [0.717, 1.165) is 17.0 Å². The van der Waals surface area contributed by atoms with Crippen LogP contribution in [0.2, 0.25) is 0 Å². The molecular weight excluding hydrogens is 284 g/mol. The van der Waals surface area contributed by atoms with Crippen molar-refractivity contribution < 1.29 is 9.53 Å². The average Bonchev–Trinajstić information content (AvgIpc) is 3.22. The van der Waals surface area contributed by atoms with Crippen LogP contribution in [0.1, 0.15) is 35.0 Å². The largest absolute Gasteiger partial charge is 0.484 e. The zero-order chi connectivity index (χ0) is 14.7. The van der Waals surface area contributed by atoms with Crippen LogP contribution >= 0.6 is 11.3 Å². The maximum atomic E-state index is 11.8. The summed E-state index contributed by atoms with van der Waals surface area (Å²) < 4.78 is 5.46. The van der Waals surface area contributed by atoms with Gasteiger partial charge in [-0.25, -0.2) is 4.98 Å². The zero-order valence-corrected chi connectivity index (χ0v) is 12.8. The molecule has 0 unspecified atom stereocenters. The van der Waals surface area contributed by atoms with Crippen LogP contribution in [0, 0.1) is 6.92 Å². The molecule has 0 aliphatic heterocycles. The number of ether oxygens (including phenoxy) is 1. The number of carbonyl (C=O) groups excluding carboxylic acids is 1.